The maximum Gasteiger partial charge on any atom is 0.341 e. The second-order valence-electron chi connectivity index (χ2n) is 13.8. The summed E-state index contributed by atoms with van der Waals surface area (Å²) in [5, 5.41) is -0.286. The SMILES string of the molecule is CC(C)c1cc(C(C)C)c(S(=O)(=O)Oc2nc(Cl)nc3c2ncn3[C@H]2C[C@H](OC(=O)c3ccccc3)[C@@H](COC(=O)c3ccccc3)O2)c(C(C)C)c1. The van der Waals surface area contributed by atoms with Crippen molar-refractivity contribution in [3.63, 3.8) is 0 Å². The first-order chi connectivity index (χ1) is 25.2. The van der Waals surface area contributed by atoms with Crippen molar-refractivity contribution >= 4 is 44.8 Å². The molecule has 6 rings (SSSR count). The predicted molar refractivity (Wildman–Crippen MR) is 198 cm³/mol. The number of halogens is 1. The minimum absolute atomic E-state index is 0.0226. The second kappa shape index (κ2) is 15.6. The highest BCUT2D eigenvalue weighted by atomic mass is 35.5. The fourth-order valence-corrected chi connectivity index (χ4v) is 7.93. The summed E-state index contributed by atoms with van der Waals surface area (Å²) in [6.07, 6.45) is -1.05. The molecule has 0 saturated carbocycles. The van der Waals surface area contributed by atoms with Crippen LogP contribution in [0.15, 0.2) is 84.0 Å². The number of rotatable bonds is 12. The zero-order valence-corrected chi connectivity index (χ0v) is 31.8. The van der Waals surface area contributed by atoms with E-state index in [1.807, 2.05) is 39.8 Å². The van der Waals surface area contributed by atoms with Crippen molar-refractivity contribution in [1.82, 2.24) is 19.5 Å². The molecular weight excluding hydrogens is 720 g/mol. The summed E-state index contributed by atoms with van der Waals surface area (Å²) < 4.78 is 53.5. The number of nitrogens with zero attached hydrogens (tertiary/aromatic N) is 4. The van der Waals surface area contributed by atoms with E-state index in [1.165, 1.54) is 10.9 Å². The maximum atomic E-state index is 14.2. The average Bonchev–Trinajstić information content (AvgIpc) is 3.74. The van der Waals surface area contributed by atoms with Crippen molar-refractivity contribution in [3.8, 4) is 5.88 Å². The highest BCUT2D eigenvalue weighted by molar-refractivity contribution is 7.87. The van der Waals surface area contributed by atoms with Crippen molar-refractivity contribution in [3.05, 3.63) is 112 Å². The van der Waals surface area contributed by atoms with Gasteiger partial charge in [-0.05, 0) is 70.3 Å². The number of hydrogen-bond acceptors (Lipinski definition) is 11. The molecule has 1 aliphatic heterocycles. The van der Waals surface area contributed by atoms with Crippen molar-refractivity contribution in [2.45, 2.75) is 89.0 Å². The van der Waals surface area contributed by atoms with Gasteiger partial charge in [-0.25, -0.2) is 14.6 Å². The topological polar surface area (TPSA) is 149 Å². The van der Waals surface area contributed by atoms with E-state index in [0.29, 0.717) is 22.3 Å². The third-order valence-electron chi connectivity index (χ3n) is 9.03. The van der Waals surface area contributed by atoms with Crippen molar-refractivity contribution < 1.29 is 36.4 Å². The summed E-state index contributed by atoms with van der Waals surface area (Å²) in [7, 11) is -4.46. The number of hydrogen-bond donors (Lipinski definition) is 0. The van der Waals surface area contributed by atoms with E-state index in [-0.39, 0.29) is 58.0 Å². The molecule has 14 heteroatoms. The molecule has 0 spiro atoms. The Bertz CT molecular complexity index is 2200. The first-order valence-electron chi connectivity index (χ1n) is 17.4. The summed E-state index contributed by atoms with van der Waals surface area (Å²) >= 11 is 6.38. The molecule has 3 aromatic carbocycles. The van der Waals surface area contributed by atoms with Gasteiger partial charge in [0, 0.05) is 6.42 Å². The molecule has 0 unspecified atom stereocenters. The number of carbonyl (C=O) groups is 2. The van der Waals surface area contributed by atoms with Gasteiger partial charge in [0.2, 0.25) is 5.28 Å². The van der Waals surface area contributed by atoms with Crippen LogP contribution in [-0.4, -0.2) is 58.7 Å². The molecule has 0 amide bonds. The highest BCUT2D eigenvalue weighted by Gasteiger charge is 2.41. The van der Waals surface area contributed by atoms with E-state index >= 15 is 0 Å². The fraction of sp³-hybridized carbons (Fsp3) is 0.359. The van der Waals surface area contributed by atoms with Crippen LogP contribution >= 0.6 is 11.6 Å². The lowest BCUT2D eigenvalue weighted by Gasteiger charge is -2.22. The molecule has 1 saturated heterocycles. The Balaban J connectivity index is 1.32. The Morgan fingerprint density at radius 3 is 2.02 bits per heavy atom. The molecule has 0 N–H and O–H groups in total. The minimum atomic E-state index is -4.46. The third kappa shape index (κ3) is 8.22. The molecule has 12 nitrogen and oxygen atoms in total. The monoisotopic (exact) mass is 760 g/mol. The molecule has 5 aromatic rings. The zero-order valence-electron chi connectivity index (χ0n) is 30.2. The van der Waals surface area contributed by atoms with Crippen LogP contribution in [0.5, 0.6) is 5.88 Å². The van der Waals surface area contributed by atoms with Crippen molar-refractivity contribution in [2.24, 2.45) is 0 Å². The van der Waals surface area contributed by atoms with Crippen molar-refractivity contribution in [2.75, 3.05) is 6.61 Å². The number of carbonyl (C=O) groups excluding carboxylic acids is 2. The van der Waals surface area contributed by atoms with E-state index in [0.717, 1.165) is 5.56 Å². The lowest BCUT2D eigenvalue weighted by molar-refractivity contribution is -0.0563. The van der Waals surface area contributed by atoms with Gasteiger partial charge < -0.3 is 18.4 Å². The second-order valence-corrected chi connectivity index (χ2v) is 15.6. The Morgan fingerprint density at radius 1 is 0.868 bits per heavy atom. The summed E-state index contributed by atoms with van der Waals surface area (Å²) in [4.78, 5) is 38.9. The van der Waals surface area contributed by atoms with Gasteiger partial charge in [0.05, 0.1) is 17.5 Å². The van der Waals surface area contributed by atoms with E-state index in [2.05, 4.69) is 28.8 Å². The third-order valence-corrected chi connectivity index (χ3v) is 10.5. The molecule has 3 heterocycles. The highest BCUT2D eigenvalue weighted by Crippen LogP contribution is 2.39. The van der Waals surface area contributed by atoms with Gasteiger partial charge in [0.15, 0.2) is 11.2 Å². The molecule has 2 aromatic heterocycles. The molecule has 0 radical (unpaired) electrons. The maximum absolute atomic E-state index is 14.2. The zero-order chi connectivity index (χ0) is 38.0. The number of ether oxygens (including phenoxy) is 3. The number of imidazole rings is 1. The van der Waals surface area contributed by atoms with Crippen LogP contribution in [0.1, 0.15) is 109 Å². The number of esters is 2. The van der Waals surface area contributed by atoms with Gasteiger partial charge in [-0.1, -0.05) is 90.1 Å². The van der Waals surface area contributed by atoms with Crippen LogP contribution in [0.3, 0.4) is 0 Å². The van der Waals surface area contributed by atoms with Crippen LogP contribution in [0.2, 0.25) is 5.28 Å². The number of benzene rings is 3. The largest absolute Gasteiger partial charge is 0.459 e. The molecule has 3 atom stereocenters. The van der Waals surface area contributed by atoms with Crippen LogP contribution in [0.4, 0.5) is 0 Å². The summed E-state index contributed by atoms with van der Waals surface area (Å²) in [5.41, 5.74) is 3.14. The Morgan fingerprint density at radius 2 is 1.45 bits per heavy atom. The molecule has 53 heavy (non-hydrogen) atoms. The Kier molecular flexibility index (Phi) is 11.2. The molecule has 1 aliphatic rings. The minimum Gasteiger partial charge on any atom is -0.459 e. The smallest absolute Gasteiger partial charge is 0.341 e. The van der Waals surface area contributed by atoms with Gasteiger partial charge in [0.1, 0.15) is 29.9 Å². The van der Waals surface area contributed by atoms with Gasteiger partial charge in [0.25, 0.3) is 5.88 Å². The van der Waals surface area contributed by atoms with Crippen LogP contribution in [0, 0.1) is 0 Å². The van der Waals surface area contributed by atoms with Gasteiger partial charge >= 0.3 is 22.1 Å². The van der Waals surface area contributed by atoms with Gasteiger partial charge in [-0.2, -0.15) is 18.4 Å². The molecular formula is C39H41ClN4O8S. The summed E-state index contributed by atoms with van der Waals surface area (Å²) in [6.45, 7) is 11.6. The van der Waals surface area contributed by atoms with Crippen LogP contribution in [0.25, 0.3) is 11.2 Å². The summed E-state index contributed by atoms with van der Waals surface area (Å²) in [6, 6.07) is 20.8. The summed E-state index contributed by atoms with van der Waals surface area (Å²) in [5.74, 6) is -1.58. The normalized spacial score (nSPS) is 17.5. The van der Waals surface area contributed by atoms with Crippen molar-refractivity contribution in [1.29, 1.82) is 0 Å². The quantitative estimate of drug-likeness (QED) is 0.0692. The molecule has 0 aliphatic carbocycles. The lowest BCUT2D eigenvalue weighted by atomic mass is 9.89. The Hall–Kier alpha value is -4.85. The van der Waals surface area contributed by atoms with E-state index in [4.69, 9.17) is 30.0 Å². The van der Waals surface area contributed by atoms with E-state index in [9.17, 15) is 18.0 Å². The number of fused-ring (bicyclic) bond motifs is 1. The first kappa shape index (κ1) is 37.9. The van der Waals surface area contributed by atoms with E-state index < -0.39 is 40.5 Å². The van der Waals surface area contributed by atoms with Gasteiger partial charge in [-0.3, -0.25) is 4.57 Å². The first-order valence-corrected chi connectivity index (χ1v) is 19.2. The molecule has 1 fully saturated rings. The van der Waals surface area contributed by atoms with Crippen LogP contribution in [-0.2, 0) is 24.3 Å². The average molecular weight is 761 g/mol. The fourth-order valence-electron chi connectivity index (χ4n) is 6.20. The number of aromatic nitrogens is 4. The predicted octanol–water partition coefficient (Wildman–Crippen LogP) is 7.99. The lowest BCUT2D eigenvalue weighted by Crippen LogP contribution is -2.32. The molecule has 278 valence electrons. The van der Waals surface area contributed by atoms with Crippen LogP contribution < -0.4 is 4.18 Å². The Labute approximate surface area is 313 Å². The van der Waals surface area contributed by atoms with E-state index in [1.54, 1.807) is 60.7 Å². The van der Waals surface area contributed by atoms with Gasteiger partial charge in [-0.15, -0.1) is 0 Å². The molecule has 0 bridgehead atoms. The standard InChI is InChI=1S/C39H41ClN4O8S/c1-22(2)27-17-28(23(3)4)34(29(18-27)24(5)6)53(47,48)52-36-33-35(42-39(40)43-36)44(21-41-33)32-19-30(51-38(46)26-15-11-8-12-16-26)31(50-32)20-49-37(45)25-13-9-7-10-14-25/h7-18,21-24,30-32H,19-20H2,1-6H3/t30-,31+,32+/m0/s1.